The predicted octanol–water partition coefficient (Wildman–Crippen LogP) is -0.775. The lowest BCUT2D eigenvalue weighted by Gasteiger charge is -2.10. The molecular weight excluding hydrogens is 478 g/mol. The number of anilines is 4. The fourth-order valence-corrected chi connectivity index (χ4v) is 2.77. The van der Waals surface area contributed by atoms with E-state index in [1.807, 2.05) is 0 Å². The largest absolute Gasteiger partial charge is 0.481 e. The van der Waals surface area contributed by atoms with Crippen LogP contribution in [0.15, 0.2) is 33.0 Å². The molecule has 0 unspecified atom stereocenters. The molecule has 0 saturated heterocycles. The zero-order valence-electron chi connectivity index (χ0n) is 19.1. The van der Waals surface area contributed by atoms with E-state index in [1.165, 1.54) is 39.9 Å². The summed E-state index contributed by atoms with van der Waals surface area (Å²) in [7, 11) is 4.14. The number of aromatic nitrogens is 9. The predicted molar refractivity (Wildman–Crippen MR) is 123 cm³/mol. The van der Waals surface area contributed by atoms with Crippen molar-refractivity contribution in [2.24, 2.45) is 0 Å². The van der Waals surface area contributed by atoms with E-state index in [0.717, 1.165) is 0 Å². The van der Waals surface area contributed by atoms with Gasteiger partial charge in [0, 0.05) is 0 Å². The van der Waals surface area contributed by atoms with E-state index in [-0.39, 0.29) is 59.1 Å². The van der Waals surface area contributed by atoms with Crippen molar-refractivity contribution in [2.75, 3.05) is 32.0 Å². The van der Waals surface area contributed by atoms with Gasteiger partial charge in [0.1, 0.15) is 11.5 Å². The summed E-state index contributed by atoms with van der Waals surface area (Å²) in [5, 5.41) is 5.35. The van der Waals surface area contributed by atoms with Crippen molar-refractivity contribution in [1.82, 2.24) is 44.9 Å². The molecule has 186 valence electrons. The van der Waals surface area contributed by atoms with Crippen LogP contribution in [-0.4, -0.2) is 66.2 Å². The number of ether oxygens (including phenoxy) is 3. The molecule has 17 heteroatoms. The Morgan fingerprint density at radius 2 is 1.11 bits per heavy atom. The molecule has 17 nitrogen and oxygen atoms in total. The van der Waals surface area contributed by atoms with E-state index in [0.29, 0.717) is 0 Å². The Morgan fingerprint density at radius 3 is 1.53 bits per heavy atom. The third-order valence-electron chi connectivity index (χ3n) is 4.49. The van der Waals surface area contributed by atoms with Gasteiger partial charge in [-0.3, -0.25) is 29.3 Å². The van der Waals surface area contributed by atoms with Gasteiger partial charge in [0.05, 0.1) is 46.3 Å². The highest BCUT2D eigenvalue weighted by Gasteiger charge is 2.15. The highest BCUT2D eigenvalue weighted by atomic mass is 16.5. The molecule has 4 aromatic rings. The standard InChI is InChI=1S/C19H19N11O6/c1-34-10-5-20-8(15(31)25-10)4-9-23-18(28-13-16(32)26-11(35-2)6-21-13)30-19(24-9)29-14-17(33)27-12(36-3)7-22-14/h5-7H,4H2,1-3H3,(H,25,31)(H,26,32)(H,27,33)(H2,21,22,23,24,28,29,30). The maximum atomic E-state index is 12.3. The van der Waals surface area contributed by atoms with Gasteiger partial charge in [0.15, 0.2) is 11.6 Å². The van der Waals surface area contributed by atoms with E-state index in [9.17, 15) is 14.4 Å². The first-order chi connectivity index (χ1) is 17.4. The zero-order chi connectivity index (χ0) is 25.7. The van der Waals surface area contributed by atoms with Crippen molar-refractivity contribution in [2.45, 2.75) is 6.42 Å². The summed E-state index contributed by atoms with van der Waals surface area (Å²) in [6, 6.07) is 0. The molecule has 4 rings (SSSR count). The lowest BCUT2D eigenvalue weighted by Crippen LogP contribution is -2.20. The number of nitrogens with zero attached hydrogens (tertiary/aromatic N) is 6. The second-order valence-electron chi connectivity index (χ2n) is 6.81. The molecule has 0 aliphatic rings. The molecule has 36 heavy (non-hydrogen) atoms. The van der Waals surface area contributed by atoms with Crippen LogP contribution in [-0.2, 0) is 6.42 Å². The zero-order valence-corrected chi connectivity index (χ0v) is 19.1. The number of H-pyrrole nitrogens is 3. The molecule has 0 aliphatic carbocycles. The first-order valence-corrected chi connectivity index (χ1v) is 10.1. The van der Waals surface area contributed by atoms with E-state index in [1.54, 1.807) is 0 Å². The molecule has 5 N–H and O–H groups in total. The summed E-state index contributed by atoms with van der Waals surface area (Å²) >= 11 is 0. The average Bonchev–Trinajstić information content (AvgIpc) is 2.87. The molecule has 0 saturated carbocycles. The Balaban J connectivity index is 1.71. The summed E-state index contributed by atoms with van der Waals surface area (Å²) in [6.07, 6.45) is 3.78. The number of aromatic amines is 3. The van der Waals surface area contributed by atoms with Gasteiger partial charge in [-0.15, -0.1) is 0 Å². The monoisotopic (exact) mass is 497 g/mol. The Kier molecular flexibility index (Phi) is 6.80. The minimum atomic E-state index is -0.604. The highest BCUT2D eigenvalue weighted by molar-refractivity contribution is 5.52. The average molecular weight is 497 g/mol. The summed E-state index contributed by atoms with van der Waals surface area (Å²) in [5.41, 5.74) is -1.64. The number of methoxy groups -OCH3 is 3. The van der Waals surface area contributed by atoms with Gasteiger partial charge in [-0.1, -0.05) is 0 Å². The number of hydrogen-bond donors (Lipinski definition) is 5. The molecule has 0 atom stereocenters. The molecule has 0 aromatic carbocycles. The van der Waals surface area contributed by atoms with Crippen LogP contribution in [0.25, 0.3) is 0 Å². The lowest BCUT2D eigenvalue weighted by atomic mass is 10.3. The van der Waals surface area contributed by atoms with Crippen LogP contribution in [0, 0.1) is 0 Å². The van der Waals surface area contributed by atoms with Crippen LogP contribution in [0.1, 0.15) is 11.5 Å². The Labute approximate surface area is 200 Å². The summed E-state index contributed by atoms with van der Waals surface area (Å²) in [5.74, 6) is 0.0602. The second kappa shape index (κ2) is 10.3. The Morgan fingerprint density at radius 1 is 0.667 bits per heavy atom. The lowest BCUT2D eigenvalue weighted by molar-refractivity contribution is 0.393. The highest BCUT2D eigenvalue weighted by Crippen LogP contribution is 2.14. The minimum absolute atomic E-state index is 0.0769. The van der Waals surface area contributed by atoms with E-state index < -0.39 is 16.7 Å². The molecule has 0 bridgehead atoms. The number of hydrogen-bond acceptors (Lipinski definition) is 14. The molecule has 4 heterocycles. The minimum Gasteiger partial charge on any atom is -0.481 e. The van der Waals surface area contributed by atoms with E-state index in [4.69, 9.17) is 14.2 Å². The van der Waals surface area contributed by atoms with E-state index in [2.05, 4.69) is 55.5 Å². The third-order valence-corrected chi connectivity index (χ3v) is 4.49. The number of rotatable bonds is 9. The normalized spacial score (nSPS) is 10.5. The van der Waals surface area contributed by atoms with Crippen LogP contribution < -0.4 is 41.5 Å². The molecule has 0 fully saturated rings. The van der Waals surface area contributed by atoms with Gasteiger partial charge in [0.2, 0.25) is 29.5 Å². The van der Waals surface area contributed by atoms with Crippen LogP contribution in [0.2, 0.25) is 0 Å². The topological polar surface area (TPSA) is 228 Å². The van der Waals surface area contributed by atoms with Crippen molar-refractivity contribution in [1.29, 1.82) is 0 Å². The van der Waals surface area contributed by atoms with Gasteiger partial charge < -0.3 is 24.8 Å². The number of nitrogens with one attached hydrogen (secondary N) is 5. The van der Waals surface area contributed by atoms with Crippen LogP contribution in [0.5, 0.6) is 17.6 Å². The fourth-order valence-electron chi connectivity index (χ4n) is 2.77. The first-order valence-electron chi connectivity index (χ1n) is 10.1. The molecule has 4 aromatic heterocycles. The third kappa shape index (κ3) is 5.41. The quantitative estimate of drug-likeness (QED) is 0.191. The van der Waals surface area contributed by atoms with Gasteiger partial charge in [-0.25, -0.2) is 15.0 Å². The summed E-state index contributed by atoms with van der Waals surface area (Å²) in [6.45, 7) is 0. The molecule has 0 amide bonds. The molecule has 0 spiro atoms. The SMILES string of the molecule is COc1cnc(Cc2nc(Nc3ncc(OC)[nH]c3=O)nc(Nc3ncc(OC)[nH]c3=O)n2)c(=O)[nH]1. The van der Waals surface area contributed by atoms with Crippen molar-refractivity contribution in [3.63, 3.8) is 0 Å². The Bertz CT molecular complexity index is 1370. The smallest absolute Gasteiger partial charge is 0.293 e. The molecular formula is C19H19N11O6. The van der Waals surface area contributed by atoms with Crippen LogP contribution in [0.3, 0.4) is 0 Å². The maximum absolute atomic E-state index is 12.3. The maximum Gasteiger partial charge on any atom is 0.293 e. The van der Waals surface area contributed by atoms with Gasteiger partial charge >= 0.3 is 0 Å². The van der Waals surface area contributed by atoms with Gasteiger partial charge in [0.25, 0.3) is 16.7 Å². The fraction of sp³-hybridized carbons (Fsp3) is 0.211. The van der Waals surface area contributed by atoms with Crippen molar-refractivity contribution in [3.05, 3.63) is 61.2 Å². The first kappa shape index (κ1) is 23.8. The molecule has 0 radical (unpaired) electrons. The van der Waals surface area contributed by atoms with Gasteiger partial charge in [-0.2, -0.15) is 15.0 Å². The Hall–Kier alpha value is -5.35. The van der Waals surface area contributed by atoms with Crippen molar-refractivity contribution in [3.8, 4) is 17.6 Å². The second-order valence-corrected chi connectivity index (χ2v) is 6.81. The van der Waals surface area contributed by atoms with Crippen molar-refractivity contribution < 1.29 is 14.2 Å². The van der Waals surface area contributed by atoms with Gasteiger partial charge in [-0.05, 0) is 0 Å². The van der Waals surface area contributed by atoms with E-state index >= 15 is 0 Å². The summed E-state index contributed by atoms with van der Waals surface area (Å²) in [4.78, 5) is 69.0. The van der Waals surface area contributed by atoms with Crippen molar-refractivity contribution >= 4 is 23.5 Å². The van der Waals surface area contributed by atoms with Crippen LogP contribution >= 0.6 is 0 Å². The summed E-state index contributed by atoms with van der Waals surface area (Å²) < 4.78 is 14.8. The van der Waals surface area contributed by atoms with Crippen LogP contribution in [0.4, 0.5) is 23.5 Å². The molecule has 0 aliphatic heterocycles.